The van der Waals surface area contributed by atoms with Crippen molar-refractivity contribution in [2.24, 2.45) is 10.9 Å². The number of hydrogen-bond acceptors (Lipinski definition) is 4. The summed E-state index contributed by atoms with van der Waals surface area (Å²) in [6.07, 6.45) is 3.58. The highest BCUT2D eigenvalue weighted by Gasteiger charge is 2.20. The van der Waals surface area contributed by atoms with E-state index in [1.807, 2.05) is 18.3 Å². The van der Waals surface area contributed by atoms with Gasteiger partial charge in [-0.1, -0.05) is 6.07 Å². The molecule has 0 aromatic carbocycles. The summed E-state index contributed by atoms with van der Waals surface area (Å²) in [5.41, 5.74) is 0. The Morgan fingerprint density at radius 1 is 1.40 bits per heavy atom. The van der Waals surface area contributed by atoms with Crippen molar-refractivity contribution in [2.45, 2.75) is 39.7 Å². The molecule has 1 fully saturated rings. The molecule has 0 radical (unpaired) electrons. The zero-order chi connectivity index (χ0) is 17.7. The van der Waals surface area contributed by atoms with E-state index in [0.717, 1.165) is 58.3 Å². The molecule has 1 unspecified atom stereocenters. The standard InChI is InChI=1S/C19H34N4OS/c1-3-20-19(21-10-7-12-24-4-2)22-14-17-8-5-11-23(15-17)16-18-9-6-13-25-18/h6,9,13,17H,3-5,7-8,10-12,14-16H2,1-2H3,(H2,20,21,22). The molecule has 0 aliphatic carbocycles. The van der Waals surface area contributed by atoms with Crippen molar-refractivity contribution in [1.29, 1.82) is 0 Å². The third kappa shape index (κ3) is 8.21. The van der Waals surface area contributed by atoms with Crippen LogP contribution >= 0.6 is 11.3 Å². The largest absolute Gasteiger partial charge is 0.382 e. The van der Waals surface area contributed by atoms with Crippen LogP contribution in [0.5, 0.6) is 0 Å². The number of nitrogens with one attached hydrogen (secondary N) is 2. The lowest BCUT2D eigenvalue weighted by atomic mass is 9.98. The second-order valence-electron chi connectivity index (χ2n) is 6.52. The summed E-state index contributed by atoms with van der Waals surface area (Å²) in [6, 6.07) is 4.38. The van der Waals surface area contributed by atoms with Crippen LogP contribution in [-0.4, -0.2) is 56.8 Å². The lowest BCUT2D eigenvalue weighted by Crippen LogP contribution is -2.40. The van der Waals surface area contributed by atoms with Crippen LogP contribution in [0.25, 0.3) is 0 Å². The SMILES string of the molecule is CCNC(=NCC1CCCN(Cc2cccs2)C1)NCCCOCC. The number of thiophene rings is 1. The summed E-state index contributed by atoms with van der Waals surface area (Å²) in [6.45, 7) is 11.9. The molecule has 0 amide bonds. The van der Waals surface area contributed by atoms with Crippen LogP contribution in [0.3, 0.4) is 0 Å². The maximum Gasteiger partial charge on any atom is 0.191 e. The Hall–Kier alpha value is -1.11. The summed E-state index contributed by atoms with van der Waals surface area (Å²) >= 11 is 1.86. The van der Waals surface area contributed by atoms with Crippen LogP contribution in [-0.2, 0) is 11.3 Å². The molecule has 1 atom stereocenters. The third-order valence-corrected chi connectivity index (χ3v) is 5.24. The second kappa shape index (κ2) is 12.3. The third-order valence-electron chi connectivity index (χ3n) is 4.38. The minimum Gasteiger partial charge on any atom is -0.382 e. The number of ether oxygens (including phenoxy) is 1. The van der Waals surface area contributed by atoms with Gasteiger partial charge in [0.2, 0.25) is 0 Å². The maximum absolute atomic E-state index is 5.38. The van der Waals surface area contributed by atoms with E-state index in [2.05, 4.69) is 40.0 Å². The summed E-state index contributed by atoms with van der Waals surface area (Å²) in [7, 11) is 0. The van der Waals surface area contributed by atoms with E-state index in [1.54, 1.807) is 0 Å². The summed E-state index contributed by atoms with van der Waals surface area (Å²) in [5, 5.41) is 8.93. The Morgan fingerprint density at radius 2 is 2.32 bits per heavy atom. The molecule has 0 spiro atoms. The van der Waals surface area contributed by atoms with Gasteiger partial charge in [0, 0.05) is 50.8 Å². The van der Waals surface area contributed by atoms with Crippen LogP contribution in [0.4, 0.5) is 0 Å². The van der Waals surface area contributed by atoms with Crippen LogP contribution in [0.2, 0.25) is 0 Å². The molecule has 25 heavy (non-hydrogen) atoms. The van der Waals surface area contributed by atoms with Crippen molar-refractivity contribution in [3.63, 3.8) is 0 Å². The molecule has 0 saturated carbocycles. The first-order valence-electron chi connectivity index (χ1n) is 9.66. The fraction of sp³-hybridized carbons (Fsp3) is 0.737. The van der Waals surface area contributed by atoms with E-state index in [1.165, 1.54) is 24.3 Å². The minimum absolute atomic E-state index is 0.660. The van der Waals surface area contributed by atoms with Gasteiger partial charge < -0.3 is 15.4 Å². The molecule has 142 valence electrons. The second-order valence-corrected chi connectivity index (χ2v) is 7.55. The van der Waals surface area contributed by atoms with Crippen molar-refractivity contribution >= 4 is 17.3 Å². The Balaban J connectivity index is 1.73. The molecule has 1 aliphatic rings. The van der Waals surface area contributed by atoms with Crippen LogP contribution < -0.4 is 10.6 Å². The quantitative estimate of drug-likeness (QED) is 0.380. The molecule has 6 heteroatoms. The highest BCUT2D eigenvalue weighted by atomic mass is 32.1. The van der Waals surface area contributed by atoms with Crippen LogP contribution in [0, 0.1) is 5.92 Å². The summed E-state index contributed by atoms with van der Waals surface area (Å²) in [4.78, 5) is 8.86. The highest BCUT2D eigenvalue weighted by molar-refractivity contribution is 7.09. The lowest BCUT2D eigenvalue weighted by Gasteiger charge is -2.31. The molecule has 5 nitrogen and oxygen atoms in total. The minimum atomic E-state index is 0.660. The topological polar surface area (TPSA) is 48.9 Å². The highest BCUT2D eigenvalue weighted by Crippen LogP contribution is 2.20. The molecular weight excluding hydrogens is 332 g/mol. The molecule has 1 saturated heterocycles. The van der Waals surface area contributed by atoms with Crippen molar-refractivity contribution in [3.05, 3.63) is 22.4 Å². The van der Waals surface area contributed by atoms with Crippen molar-refractivity contribution in [1.82, 2.24) is 15.5 Å². The van der Waals surface area contributed by atoms with Crippen molar-refractivity contribution in [3.8, 4) is 0 Å². The lowest BCUT2D eigenvalue weighted by molar-refractivity contribution is 0.145. The number of hydrogen-bond donors (Lipinski definition) is 2. The zero-order valence-corrected chi connectivity index (χ0v) is 16.6. The maximum atomic E-state index is 5.38. The molecular formula is C19H34N4OS. The van der Waals surface area contributed by atoms with Crippen molar-refractivity contribution in [2.75, 3.05) is 45.9 Å². The van der Waals surface area contributed by atoms with E-state index >= 15 is 0 Å². The van der Waals surface area contributed by atoms with Crippen molar-refractivity contribution < 1.29 is 4.74 Å². The van der Waals surface area contributed by atoms with Gasteiger partial charge in [0.15, 0.2) is 5.96 Å². The Morgan fingerprint density at radius 3 is 3.08 bits per heavy atom. The van der Waals surface area contributed by atoms with E-state index in [-0.39, 0.29) is 0 Å². The fourth-order valence-corrected chi connectivity index (χ4v) is 3.90. The van der Waals surface area contributed by atoms with Gasteiger partial charge in [-0.2, -0.15) is 0 Å². The molecule has 2 rings (SSSR count). The van der Waals surface area contributed by atoms with Gasteiger partial charge in [0.05, 0.1) is 0 Å². The number of aliphatic imine (C=N–C) groups is 1. The van der Waals surface area contributed by atoms with Crippen LogP contribution in [0.15, 0.2) is 22.5 Å². The normalized spacial score (nSPS) is 19.1. The van der Waals surface area contributed by atoms with Gasteiger partial charge in [-0.15, -0.1) is 11.3 Å². The first-order chi connectivity index (χ1) is 12.3. The van der Waals surface area contributed by atoms with E-state index < -0.39 is 0 Å². The predicted molar refractivity (Wildman–Crippen MR) is 107 cm³/mol. The smallest absolute Gasteiger partial charge is 0.191 e. The molecule has 2 N–H and O–H groups in total. The molecule has 0 bridgehead atoms. The number of rotatable bonds is 10. The Labute approximate surface area is 156 Å². The van der Waals surface area contributed by atoms with E-state index in [4.69, 9.17) is 9.73 Å². The first kappa shape index (κ1) is 20.2. The number of piperidine rings is 1. The predicted octanol–water partition coefficient (Wildman–Crippen LogP) is 2.94. The Bertz CT molecular complexity index is 478. The first-order valence-corrected chi connectivity index (χ1v) is 10.5. The summed E-state index contributed by atoms with van der Waals surface area (Å²) in [5.74, 6) is 1.60. The molecule has 1 aromatic rings. The molecule has 1 aromatic heterocycles. The van der Waals surface area contributed by atoms with Gasteiger partial charge in [-0.05, 0) is 57.0 Å². The van der Waals surface area contributed by atoms with Gasteiger partial charge in [0.25, 0.3) is 0 Å². The average molecular weight is 367 g/mol. The zero-order valence-electron chi connectivity index (χ0n) is 15.8. The van der Waals surface area contributed by atoms with Gasteiger partial charge in [-0.3, -0.25) is 9.89 Å². The molecule has 2 heterocycles. The van der Waals surface area contributed by atoms with Crippen LogP contribution in [0.1, 0.15) is 38.0 Å². The fourth-order valence-electron chi connectivity index (χ4n) is 3.15. The Kier molecular flexibility index (Phi) is 9.92. The average Bonchev–Trinajstić information content (AvgIpc) is 3.13. The monoisotopic (exact) mass is 366 g/mol. The number of likely N-dealkylation sites (tertiary alicyclic amines) is 1. The van der Waals surface area contributed by atoms with Gasteiger partial charge in [0.1, 0.15) is 0 Å². The number of guanidine groups is 1. The molecule has 1 aliphatic heterocycles. The van der Waals surface area contributed by atoms with E-state index in [0.29, 0.717) is 5.92 Å². The van der Waals surface area contributed by atoms with E-state index in [9.17, 15) is 0 Å². The van der Waals surface area contributed by atoms with Gasteiger partial charge in [-0.25, -0.2) is 0 Å². The summed E-state index contributed by atoms with van der Waals surface area (Å²) < 4.78 is 5.38. The van der Waals surface area contributed by atoms with Gasteiger partial charge >= 0.3 is 0 Å². The number of nitrogens with zero attached hydrogens (tertiary/aromatic N) is 2.